The zero-order chi connectivity index (χ0) is 16.7. The van der Waals surface area contributed by atoms with Gasteiger partial charge in [0.25, 0.3) is 11.4 Å². The Labute approximate surface area is 135 Å². The smallest absolute Gasteiger partial charge is 0.274 e. The summed E-state index contributed by atoms with van der Waals surface area (Å²) in [6.07, 6.45) is 1.51. The number of pyridine rings is 2. The van der Waals surface area contributed by atoms with Crippen LogP contribution in [-0.2, 0) is 7.05 Å². The standard InChI is InChI=1S/C17H12N4O3/c1-21-13(8-10-4-2-3-5-12(10)17(21)23)16-19-15(20-24-16)11-6-7-14(22)18-9-11/h2-9H,1H3,(H,18,22). The van der Waals surface area contributed by atoms with E-state index in [1.165, 1.54) is 16.8 Å². The lowest BCUT2D eigenvalue weighted by Crippen LogP contribution is -2.18. The molecule has 0 saturated carbocycles. The van der Waals surface area contributed by atoms with Crippen molar-refractivity contribution in [3.8, 4) is 23.0 Å². The molecule has 3 heterocycles. The summed E-state index contributed by atoms with van der Waals surface area (Å²) in [4.78, 5) is 30.5. The molecule has 7 nitrogen and oxygen atoms in total. The van der Waals surface area contributed by atoms with Crippen molar-refractivity contribution in [2.75, 3.05) is 0 Å². The average Bonchev–Trinajstić information content (AvgIpc) is 3.08. The van der Waals surface area contributed by atoms with Gasteiger partial charge < -0.3 is 14.1 Å². The molecule has 0 saturated heterocycles. The van der Waals surface area contributed by atoms with Crippen LogP contribution in [0.1, 0.15) is 0 Å². The quantitative estimate of drug-likeness (QED) is 0.609. The highest BCUT2D eigenvalue weighted by molar-refractivity contribution is 5.84. The highest BCUT2D eigenvalue weighted by atomic mass is 16.5. The summed E-state index contributed by atoms with van der Waals surface area (Å²) in [5.41, 5.74) is 0.809. The molecule has 3 aromatic heterocycles. The zero-order valence-electron chi connectivity index (χ0n) is 12.7. The molecule has 1 N–H and O–H groups in total. The third kappa shape index (κ3) is 2.23. The van der Waals surface area contributed by atoms with Crippen LogP contribution in [0.5, 0.6) is 0 Å². The largest absolute Gasteiger partial charge is 0.332 e. The van der Waals surface area contributed by atoms with Gasteiger partial charge in [0.1, 0.15) is 5.69 Å². The van der Waals surface area contributed by atoms with E-state index < -0.39 is 0 Å². The molecule has 0 aliphatic carbocycles. The normalized spacial score (nSPS) is 11.0. The van der Waals surface area contributed by atoms with Crippen molar-refractivity contribution in [1.29, 1.82) is 0 Å². The van der Waals surface area contributed by atoms with Gasteiger partial charge in [-0.25, -0.2) is 0 Å². The maximum absolute atomic E-state index is 12.5. The first kappa shape index (κ1) is 14.1. The molecule has 24 heavy (non-hydrogen) atoms. The fraction of sp³-hybridized carbons (Fsp3) is 0.0588. The highest BCUT2D eigenvalue weighted by Gasteiger charge is 2.15. The molecular formula is C17H12N4O3. The van der Waals surface area contributed by atoms with Crippen LogP contribution < -0.4 is 11.1 Å². The number of hydrogen-bond donors (Lipinski definition) is 1. The summed E-state index contributed by atoms with van der Waals surface area (Å²) < 4.78 is 6.79. The Morgan fingerprint density at radius 2 is 1.96 bits per heavy atom. The van der Waals surface area contributed by atoms with E-state index in [1.807, 2.05) is 24.3 Å². The molecule has 7 heteroatoms. The second-order valence-electron chi connectivity index (χ2n) is 5.35. The first-order valence-electron chi connectivity index (χ1n) is 7.25. The Balaban J connectivity index is 1.87. The minimum Gasteiger partial charge on any atom is -0.332 e. The van der Waals surface area contributed by atoms with Gasteiger partial charge in [-0.15, -0.1) is 0 Å². The minimum atomic E-state index is -0.209. The molecule has 1 aromatic carbocycles. The van der Waals surface area contributed by atoms with Gasteiger partial charge in [-0.3, -0.25) is 9.59 Å². The molecule has 0 spiro atoms. The summed E-state index contributed by atoms with van der Waals surface area (Å²) in [5, 5.41) is 5.35. The summed E-state index contributed by atoms with van der Waals surface area (Å²) in [6, 6.07) is 12.2. The van der Waals surface area contributed by atoms with E-state index in [2.05, 4.69) is 15.1 Å². The number of aromatic amines is 1. The predicted molar refractivity (Wildman–Crippen MR) is 88.5 cm³/mol. The lowest BCUT2D eigenvalue weighted by molar-refractivity contribution is 0.429. The SMILES string of the molecule is Cn1c(-c2nc(-c3ccc(=O)[nH]c3)no2)cc2ccccc2c1=O. The van der Waals surface area contributed by atoms with Gasteiger partial charge in [0, 0.05) is 30.3 Å². The molecular weight excluding hydrogens is 308 g/mol. The van der Waals surface area contributed by atoms with E-state index in [0.717, 1.165) is 5.39 Å². The van der Waals surface area contributed by atoms with Crippen molar-refractivity contribution in [2.24, 2.45) is 7.05 Å². The van der Waals surface area contributed by atoms with Crippen molar-refractivity contribution in [2.45, 2.75) is 0 Å². The number of nitrogens with zero attached hydrogens (tertiary/aromatic N) is 3. The van der Waals surface area contributed by atoms with Crippen LogP contribution >= 0.6 is 0 Å². The third-order valence-corrected chi connectivity index (χ3v) is 3.84. The molecule has 0 bridgehead atoms. The second-order valence-corrected chi connectivity index (χ2v) is 5.35. The van der Waals surface area contributed by atoms with Crippen LogP contribution in [0.25, 0.3) is 33.7 Å². The molecule has 0 radical (unpaired) electrons. The number of H-pyrrole nitrogens is 1. The first-order chi connectivity index (χ1) is 11.6. The lowest BCUT2D eigenvalue weighted by Gasteiger charge is -2.06. The predicted octanol–water partition coefficient (Wildman–Crippen LogP) is 1.94. The fourth-order valence-electron chi connectivity index (χ4n) is 2.55. The Morgan fingerprint density at radius 3 is 2.75 bits per heavy atom. The monoisotopic (exact) mass is 320 g/mol. The fourth-order valence-corrected chi connectivity index (χ4v) is 2.55. The van der Waals surface area contributed by atoms with Gasteiger partial charge in [-0.2, -0.15) is 4.98 Å². The van der Waals surface area contributed by atoms with Crippen molar-refractivity contribution in [3.63, 3.8) is 0 Å². The first-order valence-corrected chi connectivity index (χ1v) is 7.25. The molecule has 118 valence electrons. The number of aromatic nitrogens is 4. The Kier molecular flexibility index (Phi) is 3.13. The van der Waals surface area contributed by atoms with Crippen molar-refractivity contribution < 1.29 is 4.52 Å². The van der Waals surface area contributed by atoms with E-state index in [-0.39, 0.29) is 17.0 Å². The summed E-state index contributed by atoms with van der Waals surface area (Å²) in [5.74, 6) is 0.573. The average molecular weight is 320 g/mol. The van der Waals surface area contributed by atoms with Crippen LogP contribution in [0, 0.1) is 0 Å². The molecule has 0 atom stereocenters. The van der Waals surface area contributed by atoms with E-state index in [9.17, 15) is 9.59 Å². The van der Waals surface area contributed by atoms with E-state index in [1.54, 1.807) is 19.2 Å². The van der Waals surface area contributed by atoms with Gasteiger partial charge in [0.05, 0.1) is 0 Å². The molecule has 4 aromatic rings. The van der Waals surface area contributed by atoms with E-state index in [4.69, 9.17) is 4.52 Å². The van der Waals surface area contributed by atoms with Crippen LogP contribution in [0.15, 0.2) is 62.8 Å². The number of hydrogen-bond acceptors (Lipinski definition) is 5. The summed E-state index contributed by atoms with van der Waals surface area (Å²) in [6.45, 7) is 0. The minimum absolute atomic E-state index is 0.133. The molecule has 0 fully saturated rings. The van der Waals surface area contributed by atoms with Gasteiger partial charge in [-0.1, -0.05) is 23.4 Å². The molecule has 0 aliphatic rings. The number of fused-ring (bicyclic) bond motifs is 1. The highest BCUT2D eigenvalue weighted by Crippen LogP contribution is 2.22. The van der Waals surface area contributed by atoms with Gasteiger partial charge in [0.15, 0.2) is 0 Å². The molecule has 0 aliphatic heterocycles. The number of nitrogens with one attached hydrogen (secondary N) is 1. The Hall–Kier alpha value is -3.48. The van der Waals surface area contributed by atoms with Gasteiger partial charge in [-0.05, 0) is 23.6 Å². The topological polar surface area (TPSA) is 93.8 Å². The Bertz CT molecular complexity index is 1150. The van der Waals surface area contributed by atoms with Gasteiger partial charge >= 0.3 is 0 Å². The van der Waals surface area contributed by atoms with Crippen molar-refractivity contribution in [3.05, 3.63) is 69.4 Å². The van der Waals surface area contributed by atoms with E-state index >= 15 is 0 Å². The number of rotatable bonds is 2. The van der Waals surface area contributed by atoms with Crippen LogP contribution in [-0.4, -0.2) is 19.7 Å². The van der Waals surface area contributed by atoms with Crippen LogP contribution in [0.2, 0.25) is 0 Å². The Morgan fingerprint density at radius 1 is 1.12 bits per heavy atom. The molecule has 0 unspecified atom stereocenters. The number of benzene rings is 1. The second kappa shape index (κ2) is 5.31. The molecule has 0 amide bonds. The summed E-state index contributed by atoms with van der Waals surface area (Å²) >= 11 is 0. The summed E-state index contributed by atoms with van der Waals surface area (Å²) in [7, 11) is 1.66. The third-order valence-electron chi connectivity index (χ3n) is 3.84. The van der Waals surface area contributed by atoms with Crippen LogP contribution in [0.3, 0.4) is 0 Å². The maximum Gasteiger partial charge on any atom is 0.274 e. The van der Waals surface area contributed by atoms with Crippen molar-refractivity contribution in [1.82, 2.24) is 19.7 Å². The van der Waals surface area contributed by atoms with Crippen LogP contribution in [0.4, 0.5) is 0 Å². The van der Waals surface area contributed by atoms with Gasteiger partial charge in [0.2, 0.25) is 11.4 Å². The van der Waals surface area contributed by atoms with E-state index in [0.29, 0.717) is 22.5 Å². The maximum atomic E-state index is 12.5. The van der Waals surface area contributed by atoms with Crippen molar-refractivity contribution >= 4 is 10.8 Å². The molecule has 4 rings (SSSR count). The zero-order valence-corrected chi connectivity index (χ0v) is 12.7. The lowest BCUT2D eigenvalue weighted by atomic mass is 10.1.